The molecule has 1 N–H and O–H groups in total. The molecule has 1 aliphatic rings. The maximum Gasteiger partial charge on any atom is 0.416 e. The van der Waals surface area contributed by atoms with Gasteiger partial charge in [-0.3, -0.25) is 9.88 Å². The number of pyridine rings is 1. The molecule has 2 heterocycles. The lowest BCUT2D eigenvalue weighted by Gasteiger charge is -2.46. The SMILES string of the molecule is CC1(c2cccnc2)Cc2ccccc2CN1CC(O)COc1ccc(C(F)(F)F)cc1. The smallest absolute Gasteiger partial charge is 0.416 e. The van der Waals surface area contributed by atoms with Crippen LogP contribution in [0.15, 0.2) is 73.1 Å². The molecule has 0 saturated heterocycles. The number of fused-ring (bicyclic) bond motifs is 1. The predicted octanol–water partition coefficient (Wildman–Crippen LogP) is 4.81. The van der Waals surface area contributed by atoms with Gasteiger partial charge in [-0.25, -0.2) is 0 Å². The number of β-amino-alcohol motifs (C(OH)–C–C–N with tert-alkyl or cyclic N) is 1. The number of aliphatic hydroxyl groups excluding tert-OH is 1. The fourth-order valence-electron chi connectivity index (χ4n) is 4.22. The second-order valence-electron chi connectivity index (χ2n) is 8.33. The molecule has 3 aromatic rings. The fourth-order valence-corrected chi connectivity index (χ4v) is 4.22. The number of nitrogens with zero attached hydrogens (tertiary/aromatic N) is 2. The summed E-state index contributed by atoms with van der Waals surface area (Å²) in [5.41, 5.74) is 2.45. The van der Waals surface area contributed by atoms with Gasteiger partial charge in [0, 0.05) is 31.0 Å². The first-order valence-corrected chi connectivity index (χ1v) is 10.5. The maximum atomic E-state index is 12.7. The number of hydrogen-bond donors (Lipinski definition) is 1. The van der Waals surface area contributed by atoms with Crippen molar-refractivity contribution >= 4 is 0 Å². The van der Waals surface area contributed by atoms with Gasteiger partial charge in [0.25, 0.3) is 0 Å². The van der Waals surface area contributed by atoms with Crippen LogP contribution >= 0.6 is 0 Å². The van der Waals surface area contributed by atoms with Crippen LogP contribution in [-0.4, -0.2) is 34.2 Å². The molecule has 0 aliphatic carbocycles. The Kier molecular flexibility index (Phi) is 6.22. The van der Waals surface area contributed by atoms with E-state index < -0.39 is 17.8 Å². The van der Waals surface area contributed by atoms with Crippen LogP contribution in [-0.2, 0) is 24.7 Å². The van der Waals surface area contributed by atoms with Gasteiger partial charge in [-0.05, 0) is 60.4 Å². The molecular formula is C25H25F3N2O2. The van der Waals surface area contributed by atoms with Gasteiger partial charge >= 0.3 is 6.18 Å². The summed E-state index contributed by atoms with van der Waals surface area (Å²) in [4.78, 5) is 6.50. The van der Waals surface area contributed by atoms with E-state index in [1.54, 1.807) is 6.20 Å². The summed E-state index contributed by atoms with van der Waals surface area (Å²) >= 11 is 0. The molecule has 0 amide bonds. The van der Waals surface area contributed by atoms with Crippen molar-refractivity contribution in [1.82, 2.24) is 9.88 Å². The molecule has 1 aromatic heterocycles. The lowest BCUT2D eigenvalue weighted by Crippen LogP contribution is -2.51. The monoisotopic (exact) mass is 442 g/mol. The molecule has 0 spiro atoms. The predicted molar refractivity (Wildman–Crippen MR) is 115 cm³/mol. The number of hydrogen-bond acceptors (Lipinski definition) is 4. The van der Waals surface area contributed by atoms with Crippen molar-refractivity contribution in [2.45, 2.75) is 37.7 Å². The molecule has 0 bridgehead atoms. The minimum Gasteiger partial charge on any atom is -0.491 e. The minimum absolute atomic E-state index is 0.0212. The molecule has 0 radical (unpaired) electrons. The molecule has 4 nitrogen and oxygen atoms in total. The van der Waals surface area contributed by atoms with E-state index in [1.165, 1.54) is 23.3 Å². The van der Waals surface area contributed by atoms with Crippen LogP contribution < -0.4 is 4.74 Å². The first-order valence-electron chi connectivity index (χ1n) is 10.5. The number of rotatable bonds is 6. The minimum atomic E-state index is -4.39. The van der Waals surface area contributed by atoms with Crippen LogP contribution in [0.3, 0.4) is 0 Å². The molecule has 7 heteroatoms. The van der Waals surface area contributed by atoms with Crippen molar-refractivity contribution < 1.29 is 23.0 Å². The molecule has 0 fully saturated rings. The van der Waals surface area contributed by atoms with Crippen molar-refractivity contribution in [3.05, 3.63) is 95.3 Å². The number of aromatic nitrogens is 1. The average Bonchev–Trinajstić information content (AvgIpc) is 2.78. The second kappa shape index (κ2) is 8.92. The first-order chi connectivity index (χ1) is 15.3. The Morgan fingerprint density at radius 1 is 1.06 bits per heavy atom. The van der Waals surface area contributed by atoms with E-state index in [4.69, 9.17) is 4.74 Å². The van der Waals surface area contributed by atoms with E-state index in [0.717, 1.165) is 24.1 Å². The lowest BCUT2D eigenvalue weighted by molar-refractivity contribution is -0.137. The van der Waals surface area contributed by atoms with E-state index in [0.29, 0.717) is 13.1 Å². The second-order valence-corrected chi connectivity index (χ2v) is 8.33. The third-order valence-corrected chi connectivity index (χ3v) is 6.05. The van der Waals surface area contributed by atoms with Crippen LogP contribution in [0.1, 0.15) is 29.2 Å². The topological polar surface area (TPSA) is 45.6 Å². The molecule has 168 valence electrons. The van der Waals surface area contributed by atoms with Crippen LogP contribution in [0.5, 0.6) is 5.75 Å². The highest BCUT2D eigenvalue weighted by Gasteiger charge is 2.39. The van der Waals surface area contributed by atoms with Crippen LogP contribution in [0.2, 0.25) is 0 Å². The van der Waals surface area contributed by atoms with E-state index >= 15 is 0 Å². The van der Waals surface area contributed by atoms with Gasteiger partial charge in [0.05, 0.1) is 5.56 Å². The Labute approximate surface area is 185 Å². The van der Waals surface area contributed by atoms with Gasteiger partial charge in [0.1, 0.15) is 18.5 Å². The standard InChI is InChI=1S/C25H25F3N2O2/c1-24(21-7-4-12-29-14-21)13-18-5-2-3-6-19(18)15-30(24)16-22(31)17-32-23-10-8-20(9-11-23)25(26,27)28/h2-12,14,22,31H,13,15-17H2,1H3. The van der Waals surface area contributed by atoms with Gasteiger partial charge in [-0.1, -0.05) is 30.3 Å². The van der Waals surface area contributed by atoms with Gasteiger partial charge in [0.15, 0.2) is 0 Å². The Balaban J connectivity index is 1.47. The Morgan fingerprint density at radius 3 is 2.44 bits per heavy atom. The molecule has 2 atom stereocenters. The Bertz CT molecular complexity index is 1040. The highest BCUT2D eigenvalue weighted by molar-refractivity contribution is 5.35. The van der Waals surface area contributed by atoms with Gasteiger partial charge in [-0.2, -0.15) is 13.2 Å². The normalized spacial score (nSPS) is 19.9. The summed E-state index contributed by atoms with van der Waals surface area (Å²) in [6.45, 7) is 3.13. The van der Waals surface area contributed by atoms with Crippen LogP contribution in [0, 0.1) is 0 Å². The lowest BCUT2D eigenvalue weighted by atomic mass is 9.79. The molecule has 1 aliphatic heterocycles. The van der Waals surface area contributed by atoms with Crippen LogP contribution in [0.25, 0.3) is 0 Å². The van der Waals surface area contributed by atoms with E-state index in [2.05, 4.69) is 28.9 Å². The maximum absolute atomic E-state index is 12.7. The molecule has 2 unspecified atom stereocenters. The molecule has 4 rings (SSSR count). The Morgan fingerprint density at radius 2 is 1.78 bits per heavy atom. The zero-order valence-corrected chi connectivity index (χ0v) is 17.7. The summed E-state index contributed by atoms with van der Waals surface area (Å²) in [6, 6.07) is 16.7. The van der Waals surface area contributed by atoms with Crippen LogP contribution in [0.4, 0.5) is 13.2 Å². The average molecular weight is 442 g/mol. The van der Waals surface area contributed by atoms with Gasteiger partial charge < -0.3 is 9.84 Å². The third-order valence-electron chi connectivity index (χ3n) is 6.05. The van der Waals surface area contributed by atoms with Crippen molar-refractivity contribution in [1.29, 1.82) is 0 Å². The Hall–Kier alpha value is -2.90. The highest BCUT2D eigenvalue weighted by Crippen LogP contribution is 2.38. The zero-order valence-electron chi connectivity index (χ0n) is 17.7. The molecular weight excluding hydrogens is 417 g/mol. The van der Waals surface area contributed by atoms with E-state index in [1.807, 2.05) is 30.5 Å². The van der Waals surface area contributed by atoms with Crippen molar-refractivity contribution in [2.24, 2.45) is 0 Å². The summed E-state index contributed by atoms with van der Waals surface area (Å²) in [7, 11) is 0. The number of aliphatic hydroxyl groups is 1. The first kappa shape index (κ1) is 22.3. The number of ether oxygens (including phenoxy) is 1. The summed E-state index contributed by atoms with van der Waals surface area (Å²) in [6.07, 6.45) is -0.841. The van der Waals surface area contributed by atoms with Crippen molar-refractivity contribution in [3.8, 4) is 5.75 Å². The largest absolute Gasteiger partial charge is 0.491 e. The molecule has 32 heavy (non-hydrogen) atoms. The summed E-state index contributed by atoms with van der Waals surface area (Å²) in [5, 5.41) is 10.7. The number of halogens is 3. The molecule has 0 saturated carbocycles. The summed E-state index contributed by atoms with van der Waals surface area (Å²) < 4.78 is 43.7. The third kappa shape index (κ3) is 4.79. The highest BCUT2D eigenvalue weighted by atomic mass is 19.4. The van der Waals surface area contributed by atoms with E-state index in [-0.39, 0.29) is 17.9 Å². The van der Waals surface area contributed by atoms with Crippen molar-refractivity contribution in [2.75, 3.05) is 13.2 Å². The molecule has 2 aromatic carbocycles. The van der Waals surface area contributed by atoms with E-state index in [9.17, 15) is 18.3 Å². The number of alkyl halides is 3. The van der Waals surface area contributed by atoms with Gasteiger partial charge in [0.2, 0.25) is 0 Å². The van der Waals surface area contributed by atoms with Crippen molar-refractivity contribution in [3.63, 3.8) is 0 Å². The fraction of sp³-hybridized carbons (Fsp3) is 0.320. The zero-order chi connectivity index (χ0) is 22.8. The number of benzene rings is 2. The quantitative estimate of drug-likeness (QED) is 0.595. The summed E-state index contributed by atoms with van der Waals surface area (Å²) in [5.74, 6) is 0.288. The van der Waals surface area contributed by atoms with Gasteiger partial charge in [-0.15, -0.1) is 0 Å².